The van der Waals surface area contributed by atoms with Crippen molar-refractivity contribution in [1.82, 2.24) is 4.98 Å². The van der Waals surface area contributed by atoms with Gasteiger partial charge in [0, 0.05) is 23.2 Å². The van der Waals surface area contributed by atoms with Gasteiger partial charge in [-0.1, -0.05) is 6.08 Å². The van der Waals surface area contributed by atoms with E-state index in [1.54, 1.807) is 12.3 Å². The molecule has 0 unspecified atom stereocenters. The molecule has 0 spiro atoms. The molecule has 0 aliphatic heterocycles. The Labute approximate surface area is 57.9 Å². The van der Waals surface area contributed by atoms with Crippen LogP contribution in [0.2, 0.25) is 0 Å². The Morgan fingerprint density at radius 2 is 2.40 bits per heavy atom. The molecule has 1 heterocycles. The first kappa shape index (κ1) is 5.71. The molecule has 1 N–H and O–H groups in total. The fourth-order valence-electron chi connectivity index (χ4n) is 1.27. The average molecular weight is 137 g/mol. The Kier molecular flexibility index (Phi) is 1.13. The van der Waals surface area contributed by atoms with Gasteiger partial charge in [-0.3, -0.25) is 0 Å². The van der Waals surface area contributed by atoms with E-state index in [1.807, 2.05) is 6.08 Å². The first-order valence-corrected chi connectivity index (χ1v) is 3.40. The second-order valence-electron chi connectivity index (χ2n) is 2.45. The lowest BCUT2D eigenvalue weighted by atomic mass is 10.1. The van der Waals surface area contributed by atoms with Crippen LogP contribution in [0.3, 0.4) is 0 Å². The summed E-state index contributed by atoms with van der Waals surface area (Å²) in [4.78, 5) is 2.97. The van der Waals surface area contributed by atoms with Gasteiger partial charge in [-0.2, -0.15) is 0 Å². The molecule has 0 saturated carbocycles. The lowest BCUT2D eigenvalue weighted by molar-refractivity contribution is 0.696. The van der Waals surface area contributed by atoms with Gasteiger partial charge in [-0.15, -0.1) is 0 Å². The Morgan fingerprint density at radius 1 is 1.50 bits per heavy atom. The lowest BCUT2D eigenvalue weighted by Gasteiger charge is -1.96. The van der Waals surface area contributed by atoms with Crippen LogP contribution in [0.1, 0.15) is 12.8 Å². The topological polar surface area (TPSA) is 15.8 Å². The normalized spacial score (nSPS) is 16.3. The summed E-state index contributed by atoms with van der Waals surface area (Å²) < 4.78 is 12.9. The number of aromatic amines is 1. The Hall–Kier alpha value is -1.05. The van der Waals surface area contributed by atoms with Crippen molar-refractivity contribution in [2.24, 2.45) is 0 Å². The molecule has 1 aromatic rings. The third-order valence-corrected chi connectivity index (χ3v) is 1.78. The largest absolute Gasteiger partial charge is 0.361 e. The van der Waals surface area contributed by atoms with E-state index in [-0.39, 0.29) is 5.83 Å². The van der Waals surface area contributed by atoms with Gasteiger partial charge in [0.25, 0.3) is 0 Å². The predicted molar refractivity (Wildman–Crippen MR) is 38.3 cm³/mol. The minimum Gasteiger partial charge on any atom is -0.361 e. The predicted octanol–water partition coefficient (Wildman–Crippen LogP) is 0.667. The van der Waals surface area contributed by atoms with E-state index in [0.717, 1.165) is 17.0 Å². The minimum absolute atomic E-state index is 0.0127. The smallest absolute Gasteiger partial charge is 0.110 e. The number of H-pyrrole nitrogens is 1. The summed E-state index contributed by atoms with van der Waals surface area (Å²) in [6.45, 7) is 0. The molecule has 0 amide bonds. The summed E-state index contributed by atoms with van der Waals surface area (Å²) in [5, 5.41) is 1.68. The number of hydrogen-bond donors (Lipinski definition) is 1. The third-order valence-electron chi connectivity index (χ3n) is 1.78. The Bertz CT molecular complexity index is 348. The Morgan fingerprint density at radius 3 is 3.20 bits per heavy atom. The molecular formula is C8H8FN. The molecule has 1 nitrogen and oxygen atoms in total. The van der Waals surface area contributed by atoms with Crippen molar-refractivity contribution in [1.29, 1.82) is 0 Å². The lowest BCUT2D eigenvalue weighted by Crippen LogP contribution is -2.26. The number of rotatable bonds is 0. The summed E-state index contributed by atoms with van der Waals surface area (Å²) >= 11 is 0. The fraction of sp³-hybridized carbons (Fsp3) is 0.250. The number of hydrogen-bond acceptors (Lipinski definition) is 0. The Balaban J connectivity index is 2.91. The molecule has 0 radical (unpaired) electrons. The van der Waals surface area contributed by atoms with Crippen LogP contribution >= 0.6 is 0 Å². The molecule has 0 atom stereocenters. The van der Waals surface area contributed by atoms with Crippen LogP contribution < -0.4 is 10.6 Å². The molecule has 2 rings (SSSR count). The highest BCUT2D eigenvalue weighted by atomic mass is 19.1. The monoisotopic (exact) mass is 137 g/mol. The average Bonchev–Trinajstić information content (AvgIpc) is 2.36. The first-order chi connectivity index (χ1) is 4.88. The van der Waals surface area contributed by atoms with Crippen LogP contribution in [0.5, 0.6) is 0 Å². The summed E-state index contributed by atoms with van der Waals surface area (Å²) in [6, 6.07) is 1.78. The molecule has 1 aliphatic carbocycles. The van der Waals surface area contributed by atoms with Crippen LogP contribution in [0, 0.1) is 0 Å². The maximum atomic E-state index is 12.9. The van der Waals surface area contributed by atoms with Crippen molar-refractivity contribution in [3.05, 3.63) is 22.8 Å². The standard InChI is InChI=1S/C8H8FN/c9-7-2-1-3-8-6(7)4-5-10-8/h3-5,10H,1-2H2. The zero-order valence-electron chi connectivity index (χ0n) is 5.52. The van der Waals surface area contributed by atoms with E-state index in [9.17, 15) is 4.39 Å². The highest BCUT2D eigenvalue weighted by Gasteiger charge is 2.01. The summed E-state index contributed by atoms with van der Waals surface area (Å²) in [5.41, 5.74) is 0. The van der Waals surface area contributed by atoms with Crippen LogP contribution in [-0.4, -0.2) is 4.98 Å². The number of halogens is 1. The molecule has 0 saturated heterocycles. The van der Waals surface area contributed by atoms with Crippen molar-refractivity contribution < 1.29 is 4.39 Å². The van der Waals surface area contributed by atoms with Crippen molar-refractivity contribution in [3.8, 4) is 0 Å². The van der Waals surface area contributed by atoms with Crippen molar-refractivity contribution in [2.45, 2.75) is 12.8 Å². The van der Waals surface area contributed by atoms with Crippen molar-refractivity contribution in [3.63, 3.8) is 0 Å². The van der Waals surface area contributed by atoms with Gasteiger partial charge in [-0.05, 0) is 12.5 Å². The van der Waals surface area contributed by atoms with E-state index in [0.29, 0.717) is 6.42 Å². The fourth-order valence-corrected chi connectivity index (χ4v) is 1.27. The first-order valence-electron chi connectivity index (χ1n) is 3.40. The molecule has 52 valence electrons. The van der Waals surface area contributed by atoms with E-state index in [1.165, 1.54) is 0 Å². The van der Waals surface area contributed by atoms with E-state index in [2.05, 4.69) is 4.98 Å². The molecule has 10 heavy (non-hydrogen) atoms. The van der Waals surface area contributed by atoms with Gasteiger partial charge in [0.1, 0.15) is 5.83 Å². The highest BCUT2D eigenvalue weighted by molar-refractivity contribution is 5.43. The van der Waals surface area contributed by atoms with Gasteiger partial charge >= 0.3 is 0 Å². The SMILES string of the molecule is FC1=c2cc[nH]c2=CCC1. The quantitative estimate of drug-likeness (QED) is 0.541. The maximum Gasteiger partial charge on any atom is 0.110 e. The molecule has 2 heteroatoms. The van der Waals surface area contributed by atoms with Gasteiger partial charge in [0.2, 0.25) is 0 Å². The van der Waals surface area contributed by atoms with Gasteiger partial charge in [0.15, 0.2) is 0 Å². The number of nitrogens with one attached hydrogen (secondary N) is 1. The van der Waals surface area contributed by atoms with Crippen LogP contribution in [0.15, 0.2) is 12.3 Å². The molecule has 0 fully saturated rings. The van der Waals surface area contributed by atoms with E-state index >= 15 is 0 Å². The molecule has 0 bridgehead atoms. The van der Waals surface area contributed by atoms with Gasteiger partial charge in [-0.25, -0.2) is 4.39 Å². The van der Waals surface area contributed by atoms with E-state index < -0.39 is 0 Å². The van der Waals surface area contributed by atoms with Crippen LogP contribution in [0.4, 0.5) is 4.39 Å². The highest BCUT2D eigenvalue weighted by Crippen LogP contribution is 2.07. The second kappa shape index (κ2) is 1.97. The summed E-state index contributed by atoms with van der Waals surface area (Å²) in [6.07, 6.45) is 5.18. The minimum atomic E-state index is 0.0127. The summed E-state index contributed by atoms with van der Waals surface area (Å²) in [5.74, 6) is 0.0127. The third kappa shape index (κ3) is 0.685. The van der Waals surface area contributed by atoms with Crippen molar-refractivity contribution in [2.75, 3.05) is 0 Å². The molecule has 1 aromatic heterocycles. The molecular weight excluding hydrogens is 129 g/mol. The molecule has 1 aliphatic rings. The zero-order chi connectivity index (χ0) is 6.97. The van der Waals surface area contributed by atoms with Crippen molar-refractivity contribution >= 4 is 11.9 Å². The summed E-state index contributed by atoms with van der Waals surface area (Å²) in [7, 11) is 0. The maximum absolute atomic E-state index is 12.9. The van der Waals surface area contributed by atoms with Crippen LogP contribution in [0.25, 0.3) is 11.9 Å². The van der Waals surface area contributed by atoms with Gasteiger partial charge < -0.3 is 4.98 Å². The molecule has 0 aromatic carbocycles. The second-order valence-corrected chi connectivity index (χ2v) is 2.45. The zero-order valence-corrected chi connectivity index (χ0v) is 5.52. The van der Waals surface area contributed by atoms with Gasteiger partial charge in [0.05, 0.1) is 0 Å². The van der Waals surface area contributed by atoms with Crippen LogP contribution in [-0.2, 0) is 0 Å². The van der Waals surface area contributed by atoms with E-state index in [4.69, 9.17) is 0 Å². The number of fused-ring (bicyclic) bond motifs is 1. The number of aromatic nitrogens is 1.